The lowest BCUT2D eigenvalue weighted by Crippen LogP contribution is -2.38. The first kappa shape index (κ1) is 15.1. The first-order valence-corrected chi connectivity index (χ1v) is 8.43. The number of halogens is 1. The Morgan fingerprint density at radius 2 is 1.92 bits per heavy atom. The average molecular weight is 324 g/mol. The van der Waals surface area contributed by atoms with Crippen molar-refractivity contribution in [2.45, 2.75) is 25.4 Å². The number of piperidine rings is 1. The summed E-state index contributed by atoms with van der Waals surface area (Å²) in [5.74, 6) is -0.170. The van der Waals surface area contributed by atoms with Crippen LogP contribution >= 0.6 is 0 Å². The Hall–Kier alpha value is -2.40. The van der Waals surface area contributed by atoms with Crippen LogP contribution < -0.4 is 5.32 Å². The van der Waals surface area contributed by atoms with Gasteiger partial charge >= 0.3 is 0 Å². The van der Waals surface area contributed by atoms with Crippen LogP contribution in [0.5, 0.6) is 0 Å². The number of aromatic nitrogens is 2. The molecule has 24 heavy (non-hydrogen) atoms. The van der Waals surface area contributed by atoms with Crippen LogP contribution in [-0.2, 0) is 6.54 Å². The van der Waals surface area contributed by atoms with Gasteiger partial charge in [0.25, 0.3) is 0 Å². The first-order valence-electron chi connectivity index (χ1n) is 8.43. The second-order valence-electron chi connectivity index (χ2n) is 6.49. The van der Waals surface area contributed by atoms with E-state index < -0.39 is 0 Å². The number of hydrogen-bond acceptors (Lipinski definition) is 3. The molecule has 2 N–H and O–H groups in total. The highest BCUT2D eigenvalue weighted by molar-refractivity contribution is 5.81. The molecule has 4 rings (SSSR count). The molecule has 2 heterocycles. The lowest BCUT2D eigenvalue weighted by molar-refractivity contribution is 0.211. The predicted octanol–water partition coefficient (Wildman–Crippen LogP) is 3.78. The maximum absolute atomic E-state index is 13.0. The highest BCUT2D eigenvalue weighted by Gasteiger charge is 2.19. The molecule has 0 saturated carbocycles. The summed E-state index contributed by atoms with van der Waals surface area (Å²) >= 11 is 0. The van der Waals surface area contributed by atoms with E-state index in [-0.39, 0.29) is 5.82 Å². The number of aromatic amines is 1. The Morgan fingerprint density at radius 3 is 2.71 bits per heavy atom. The molecule has 0 radical (unpaired) electrons. The van der Waals surface area contributed by atoms with Gasteiger partial charge in [0.15, 0.2) is 0 Å². The lowest BCUT2D eigenvalue weighted by atomic mass is 10.0. The number of nitrogens with zero attached hydrogens (tertiary/aromatic N) is 2. The molecule has 0 aliphatic carbocycles. The number of likely N-dealkylation sites (tertiary alicyclic amines) is 1. The van der Waals surface area contributed by atoms with Crippen LogP contribution in [0.4, 0.5) is 10.1 Å². The van der Waals surface area contributed by atoms with E-state index in [1.54, 1.807) is 0 Å². The molecule has 0 unspecified atom stereocenters. The number of hydrogen-bond donors (Lipinski definition) is 2. The molecule has 0 amide bonds. The third-order valence-electron chi connectivity index (χ3n) is 4.72. The summed E-state index contributed by atoms with van der Waals surface area (Å²) in [7, 11) is 0. The minimum atomic E-state index is -0.170. The van der Waals surface area contributed by atoms with Crippen LogP contribution in [-0.4, -0.2) is 34.2 Å². The van der Waals surface area contributed by atoms with Gasteiger partial charge in [-0.1, -0.05) is 12.1 Å². The molecule has 1 aliphatic heterocycles. The molecule has 0 bridgehead atoms. The zero-order valence-electron chi connectivity index (χ0n) is 13.5. The number of H-pyrrole nitrogens is 1. The van der Waals surface area contributed by atoms with Crippen molar-refractivity contribution >= 4 is 16.6 Å². The lowest BCUT2D eigenvalue weighted by Gasteiger charge is -2.33. The summed E-state index contributed by atoms with van der Waals surface area (Å²) in [5.41, 5.74) is 3.39. The van der Waals surface area contributed by atoms with Gasteiger partial charge < -0.3 is 5.32 Å². The smallest absolute Gasteiger partial charge is 0.123 e. The molecule has 0 atom stereocenters. The van der Waals surface area contributed by atoms with Crippen LogP contribution in [0.1, 0.15) is 18.4 Å². The summed E-state index contributed by atoms with van der Waals surface area (Å²) in [6, 6.07) is 13.6. The van der Waals surface area contributed by atoms with Crippen molar-refractivity contribution in [3.63, 3.8) is 0 Å². The third kappa shape index (κ3) is 3.41. The van der Waals surface area contributed by atoms with Crippen molar-refractivity contribution in [1.29, 1.82) is 0 Å². The van der Waals surface area contributed by atoms with Gasteiger partial charge in [-0.15, -0.1) is 0 Å². The normalized spacial score (nSPS) is 16.5. The Labute approximate surface area is 140 Å². The molecule has 1 saturated heterocycles. The van der Waals surface area contributed by atoms with Crippen LogP contribution in [0.2, 0.25) is 0 Å². The molecule has 3 aromatic rings. The van der Waals surface area contributed by atoms with Crippen molar-refractivity contribution in [2.24, 2.45) is 0 Å². The molecule has 5 heteroatoms. The predicted molar refractivity (Wildman–Crippen MR) is 94.4 cm³/mol. The summed E-state index contributed by atoms with van der Waals surface area (Å²) in [6.07, 6.45) is 4.08. The molecular formula is C19H21FN4. The average Bonchev–Trinajstić information content (AvgIpc) is 3.06. The molecule has 1 aromatic heterocycles. The Kier molecular flexibility index (Phi) is 4.17. The Bertz CT molecular complexity index is 804. The topological polar surface area (TPSA) is 44.0 Å². The van der Waals surface area contributed by atoms with E-state index in [0.29, 0.717) is 6.04 Å². The number of rotatable bonds is 4. The number of fused-ring (bicyclic) bond motifs is 1. The van der Waals surface area contributed by atoms with Crippen molar-refractivity contribution in [1.82, 2.24) is 15.1 Å². The molecule has 124 valence electrons. The van der Waals surface area contributed by atoms with Gasteiger partial charge in [-0.05, 0) is 48.7 Å². The van der Waals surface area contributed by atoms with Crippen LogP contribution in [0.25, 0.3) is 10.9 Å². The van der Waals surface area contributed by atoms with E-state index >= 15 is 0 Å². The van der Waals surface area contributed by atoms with Crippen molar-refractivity contribution in [3.05, 3.63) is 60.0 Å². The standard InChI is InChI=1S/C19H21FN4/c20-16-3-1-14(2-4-16)13-24-9-7-17(8-10-24)22-18-5-6-19-15(11-18)12-21-23-19/h1-6,11-12,17,22H,7-10,13H2,(H,21,23). The minimum absolute atomic E-state index is 0.170. The SMILES string of the molecule is Fc1ccc(CN2CCC(Nc3ccc4[nH]ncc4c3)CC2)cc1. The third-order valence-corrected chi connectivity index (χ3v) is 4.72. The summed E-state index contributed by atoms with van der Waals surface area (Å²) < 4.78 is 13.0. The van der Waals surface area contributed by atoms with Gasteiger partial charge in [0.05, 0.1) is 11.7 Å². The quantitative estimate of drug-likeness (QED) is 0.767. The monoisotopic (exact) mass is 324 g/mol. The van der Waals surface area contributed by atoms with E-state index in [4.69, 9.17) is 0 Å². The second kappa shape index (κ2) is 6.61. The molecule has 0 spiro atoms. The van der Waals surface area contributed by atoms with Gasteiger partial charge in [0, 0.05) is 36.7 Å². The van der Waals surface area contributed by atoms with Crippen molar-refractivity contribution < 1.29 is 4.39 Å². The Morgan fingerprint density at radius 1 is 1.12 bits per heavy atom. The maximum atomic E-state index is 13.0. The van der Waals surface area contributed by atoms with Gasteiger partial charge in [-0.3, -0.25) is 10.00 Å². The largest absolute Gasteiger partial charge is 0.382 e. The van der Waals surface area contributed by atoms with E-state index in [1.807, 2.05) is 18.3 Å². The molecule has 1 aliphatic rings. The number of anilines is 1. The fourth-order valence-electron chi connectivity index (χ4n) is 3.35. The summed E-state index contributed by atoms with van der Waals surface area (Å²) in [5, 5.41) is 11.8. The van der Waals surface area contributed by atoms with E-state index in [1.165, 1.54) is 17.7 Å². The van der Waals surface area contributed by atoms with Gasteiger partial charge in [0.1, 0.15) is 5.82 Å². The molecule has 2 aromatic carbocycles. The maximum Gasteiger partial charge on any atom is 0.123 e. The number of benzene rings is 2. The molecular weight excluding hydrogens is 303 g/mol. The zero-order valence-corrected chi connectivity index (χ0v) is 13.5. The van der Waals surface area contributed by atoms with E-state index in [9.17, 15) is 4.39 Å². The highest BCUT2D eigenvalue weighted by Crippen LogP contribution is 2.21. The van der Waals surface area contributed by atoms with Crippen molar-refractivity contribution in [3.8, 4) is 0 Å². The highest BCUT2D eigenvalue weighted by atomic mass is 19.1. The van der Waals surface area contributed by atoms with Gasteiger partial charge in [-0.25, -0.2) is 4.39 Å². The van der Waals surface area contributed by atoms with Gasteiger partial charge in [-0.2, -0.15) is 5.10 Å². The fourth-order valence-corrected chi connectivity index (χ4v) is 3.35. The summed E-state index contributed by atoms with van der Waals surface area (Å²) in [6.45, 7) is 3.01. The Balaban J connectivity index is 1.31. The zero-order chi connectivity index (χ0) is 16.4. The number of nitrogens with one attached hydrogen (secondary N) is 2. The molecule has 1 fully saturated rings. The minimum Gasteiger partial charge on any atom is -0.382 e. The van der Waals surface area contributed by atoms with Crippen LogP contribution in [0.15, 0.2) is 48.7 Å². The second-order valence-corrected chi connectivity index (χ2v) is 6.49. The van der Waals surface area contributed by atoms with Gasteiger partial charge in [0.2, 0.25) is 0 Å². The molecule has 4 nitrogen and oxygen atoms in total. The van der Waals surface area contributed by atoms with E-state index in [0.717, 1.165) is 49.1 Å². The summed E-state index contributed by atoms with van der Waals surface area (Å²) in [4.78, 5) is 2.44. The van der Waals surface area contributed by atoms with Crippen LogP contribution in [0, 0.1) is 5.82 Å². The van der Waals surface area contributed by atoms with Crippen LogP contribution in [0.3, 0.4) is 0 Å². The van der Waals surface area contributed by atoms with E-state index in [2.05, 4.69) is 38.6 Å². The first-order chi connectivity index (χ1) is 11.8. The fraction of sp³-hybridized carbons (Fsp3) is 0.316. The van der Waals surface area contributed by atoms with Crippen molar-refractivity contribution in [2.75, 3.05) is 18.4 Å².